The molecule has 8 heteroatoms. The number of rotatable bonds is 6. The van der Waals surface area contributed by atoms with Gasteiger partial charge in [-0.25, -0.2) is 8.42 Å². The Labute approximate surface area is 167 Å². The number of phenolic OH excluding ortho intramolecular Hbond substituents is 1. The van der Waals surface area contributed by atoms with Crippen LogP contribution in [0.2, 0.25) is 10.0 Å². The predicted molar refractivity (Wildman–Crippen MR) is 104 cm³/mol. The lowest BCUT2D eigenvalue weighted by molar-refractivity contribution is 0.306. The second-order valence-corrected chi connectivity index (χ2v) is 7.99. The molecule has 0 radical (unpaired) electrons. The Hall–Kier alpha value is -2.59. The van der Waals surface area contributed by atoms with Crippen LogP contribution < -0.4 is 9.46 Å². The molecule has 2 N–H and O–H groups in total. The summed E-state index contributed by atoms with van der Waals surface area (Å²) in [4.78, 5) is -0.405. The van der Waals surface area contributed by atoms with E-state index in [2.05, 4.69) is 16.9 Å². The maximum absolute atomic E-state index is 12.5. The summed E-state index contributed by atoms with van der Waals surface area (Å²) >= 11 is 11.6. The van der Waals surface area contributed by atoms with Crippen molar-refractivity contribution in [2.75, 3.05) is 4.72 Å². The normalized spacial score (nSPS) is 10.9. The summed E-state index contributed by atoms with van der Waals surface area (Å²) in [6, 6.07) is 19.7. The first-order valence-corrected chi connectivity index (χ1v) is 9.89. The highest BCUT2D eigenvalue weighted by Crippen LogP contribution is 2.35. The van der Waals surface area contributed by atoms with Crippen molar-refractivity contribution in [1.29, 1.82) is 0 Å². The number of halogens is 2. The van der Waals surface area contributed by atoms with Gasteiger partial charge in [0, 0.05) is 10.7 Å². The van der Waals surface area contributed by atoms with Crippen LogP contribution in [0.15, 0.2) is 59.5 Å². The standard InChI is InChI=1S/C19H13Cl2NO4S/c20-14-10-17(21)19(23)18(11-14)27(24,25)22-15-6-8-16(9-7-15)26-12-13-4-2-1-3-5-13/h2,4-11,22-23H,12H2. The van der Waals surface area contributed by atoms with E-state index in [9.17, 15) is 13.5 Å². The van der Waals surface area contributed by atoms with Gasteiger partial charge in [0.15, 0.2) is 5.75 Å². The van der Waals surface area contributed by atoms with Crippen LogP contribution in [-0.2, 0) is 16.6 Å². The molecule has 0 bridgehead atoms. The Balaban J connectivity index is 1.72. The molecule has 5 nitrogen and oxygen atoms in total. The van der Waals surface area contributed by atoms with Crippen molar-refractivity contribution in [1.82, 2.24) is 0 Å². The van der Waals surface area contributed by atoms with E-state index in [0.29, 0.717) is 18.0 Å². The molecule has 0 heterocycles. The first-order valence-electron chi connectivity index (χ1n) is 7.65. The summed E-state index contributed by atoms with van der Waals surface area (Å²) in [5.41, 5.74) is 1.23. The number of benzene rings is 2. The fourth-order valence-corrected chi connectivity index (χ4v) is 4.03. The van der Waals surface area contributed by atoms with Gasteiger partial charge in [-0.05, 0) is 60.2 Å². The monoisotopic (exact) mass is 421 g/mol. The highest BCUT2D eigenvalue weighted by atomic mass is 35.5. The first kappa shape index (κ1) is 19.2. The van der Waals surface area contributed by atoms with Gasteiger partial charge in [0.1, 0.15) is 17.3 Å². The van der Waals surface area contributed by atoms with Crippen molar-refractivity contribution in [3.8, 4) is 11.5 Å². The molecule has 3 rings (SSSR count). The number of nitrogens with one attached hydrogen (secondary N) is 1. The van der Waals surface area contributed by atoms with Gasteiger partial charge < -0.3 is 9.84 Å². The highest BCUT2D eigenvalue weighted by molar-refractivity contribution is 7.92. The van der Waals surface area contributed by atoms with Crippen LogP contribution in [0.25, 0.3) is 0 Å². The smallest absolute Gasteiger partial charge is 0.265 e. The lowest BCUT2D eigenvalue weighted by atomic mass is 10.2. The van der Waals surface area contributed by atoms with Crippen molar-refractivity contribution in [2.24, 2.45) is 0 Å². The van der Waals surface area contributed by atoms with Crippen LogP contribution >= 0.6 is 23.2 Å². The van der Waals surface area contributed by atoms with E-state index >= 15 is 0 Å². The fraction of sp³-hybridized carbons (Fsp3) is 0.0526. The highest BCUT2D eigenvalue weighted by Gasteiger charge is 2.21. The number of sulfonamides is 1. The van der Waals surface area contributed by atoms with Crippen molar-refractivity contribution >= 4 is 38.9 Å². The van der Waals surface area contributed by atoms with E-state index in [1.165, 1.54) is 6.07 Å². The molecule has 0 saturated carbocycles. The Morgan fingerprint density at radius 2 is 1.81 bits per heavy atom. The quantitative estimate of drug-likeness (QED) is 0.605. The molecule has 0 saturated heterocycles. The van der Waals surface area contributed by atoms with Gasteiger partial charge in [-0.2, -0.15) is 0 Å². The predicted octanol–water partition coefficient (Wildman–Crippen LogP) is 4.68. The lowest BCUT2D eigenvalue weighted by Gasteiger charge is -2.12. The Kier molecular flexibility index (Phi) is 5.66. The van der Waals surface area contributed by atoms with Gasteiger partial charge in [-0.3, -0.25) is 4.72 Å². The van der Waals surface area contributed by atoms with Gasteiger partial charge >= 0.3 is 0 Å². The lowest BCUT2D eigenvalue weighted by Crippen LogP contribution is -2.13. The van der Waals surface area contributed by atoms with Crippen molar-refractivity contribution in [2.45, 2.75) is 11.5 Å². The number of phenols is 1. The molecule has 0 aliphatic heterocycles. The number of anilines is 1. The molecule has 0 aliphatic carbocycles. The van der Waals surface area contributed by atoms with E-state index in [-0.39, 0.29) is 10.0 Å². The van der Waals surface area contributed by atoms with Crippen LogP contribution in [-0.4, -0.2) is 13.5 Å². The van der Waals surface area contributed by atoms with Crippen molar-refractivity contribution in [3.63, 3.8) is 0 Å². The third-order valence-corrected chi connectivity index (χ3v) is 5.42. The van der Waals surface area contributed by atoms with Crippen LogP contribution in [0.1, 0.15) is 5.56 Å². The molecule has 0 aromatic heterocycles. The summed E-state index contributed by atoms with van der Waals surface area (Å²) in [5.74, 6) is 0.00450. The van der Waals surface area contributed by atoms with E-state index in [0.717, 1.165) is 11.6 Å². The molecule has 0 aliphatic rings. The first-order chi connectivity index (χ1) is 12.8. The van der Waals surface area contributed by atoms with Crippen LogP contribution in [0.3, 0.4) is 0 Å². The molecule has 0 amide bonds. The summed E-state index contributed by atoms with van der Waals surface area (Å²) in [5, 5.41) is 9.87. The number of hydrogen-bond acceptors (Lipinski definition) is 4. The average molecular weight is 422 g/mol. The minimum Gasteiger partial charge on any atom is -0.505 e. The summed E-state index contributed by atoms with van der Waals surface area (Å²) in [6.07, 6.45) is 0. The molecule has 27 heavy (non-hydrogen) atoms. The van der Waals surface area contributed by atoms with Crippen LogP contribution in [0, 0.1) is 12.1 Å². The second-order valence-electron chi connectivity index (χ2n) is 5.49. The topological polar surface area (TPSA) is 75.6 Å². The van der Waals surface area contributed by atoms with Gasteiger partial charge in [-0.15, -0.1) is 0 Å². The SMILES string of the molecule is O=S(=O)(Nc1ccc(OCc2cc#ccc2)cc1)c1cc(Cl)cc(Cl)c1O. The molecule has 0 unspecified atom stereocenters. The Morgan fingerprint density at radius 1 is 1.07 bits per heavy atom. The van der Waals surface area contributed by atoms with Gasteiger partial charge in [0.2, 0.25) is 0 Å². The van der Waals surface area contributed by atoms with E-state index in [4.69, 9.17) is 27.9 Å². The molecule has 3 aromatic rings. The summed E-state index contributed by atoms with van der Waals surface area (Å²) < 4.78 is 33.0. The number of aromatic hydroxyl groups is 1. The summed E-state index contributed by atoms with van der Waals surface area (Å²) in [6.45, 7) is 0.352. The average Bonchev–Trinajstić information content (AvgIpc) is 2.64. The second kappa shape index (κ2) is 7.97. The fourth-order valence-electron chi connectivity index (χ4n) is 2.21. The zero-order valence-corrected chi connectivity index (χ0v) is 16.1. The number of hydrogen-bond donors (Lipinski definition) is 2. The van der Waals surface area contributed by atoms with E-state index in [1.54, 1.807) is 36.4 Å². The zero-order valence-electron chi connectivity index (χ0n) is 13.7. The van der Waals surface area contributed by atoms with Crippen LogP contribution in [0.5, 0.6) is 11.5 Å². The maximum Gasteiger partial charge on any atom is 0.265 e. The van der Waals surface area contributed by atoms with E-state index < -0.39 is 20.7 Å². The molecule has 0 fully saturated rings. The third kappa shape index (κ3) is 4.77. The van der Waals surface area contributed by atoms with Crippen LogP contribution in [0.4, 0.5) is 5.69 Å². The molecule has 138 valence electrons. The van der Waals surface area contributed by atoms with Crippen molar-refractivity contribution in [3.05, 3.63) is 82.3 Å². The minimum absolute atomic E-state index is 0.0951. The summed E-state index contributed by atoms with van der Waals surface area (Å²) in [7, 11) is -4.07. The van der Waals surface area contributed by atoms with E-state index in [1.807, 2.05) is 6.07 Å². The van der Waals surface area contributed by atoms with Gasteiger partial charge in [-0.1, -0.05) is 35.3 Å². The largest absolute Gasteiger partial charge is 0.505 e. The molecular weight excluding hydrogens is 409 g/mol. The zero-order chi connectivity index (χ0) is 19.4. The molecule has 0 spiro atoms. The van der Waals surface area contributed by atoms with Crippen molar-refractivity contribution < 1.29 is 18.3 Å². The third-order valence-electron chi connectivity index (χ3n) is 3.52. The molecular formula is C19H13Cl2NO4S. The van der Waals surface area contributed by atoms with Gasteiger partial charge in [0.05, 0.1) is 5.02 Å². The maximum atomic E-state index is 12.5. The Bertz CT molecular complexity index is 1040. The molecule has 3 aromatic carbocycles. The number of ether oxygens (including phenoxy) is 1. The Morgan fingerprint density at radius 3 is 2.48 bits per heavy atom. The molecule has 0 atom stereocenters. The van der Waals surface area contributed by atoms with Gasteiger partial charge in [0.25, 0.3) is 10.0 Å². The minimum atomic E-state index is -4.07.